The van der Waals surface area contributed by atoms with Gasteiger partial charge in [0.2, 0.25) is 5.91 Å². The minimum atomic E-state index is -4.61. The number of carbonyl (C=O) groups is 1. The molecule has 1 amide bonds. The molecule has 0 aromatic carbocycles. The average molecular weight is 291 g/mol. The quantitative estimate of drug-likeness (QED) is 0.911. The lowest BCUT2D eigenvalue weighted by Crippen LogP contribution is -2.25. The van der Waals surface area contributed by atoms with Crippen LogP contribution in [-0.2, 0) is 15.7 Å². The molecule has 0 radical (unpaired) electrons. The molecule has 1 N–H and O–H groups in total. The van der Waals surface area contributed by atoms with Crippen molar-refractivity contribution < 1.29 is 22.7 Å². The molecule has 0 spiro atoms. The molecule has 20 heavy (non-hydrogen) atoms. The number of aromatic nitrogens is 2. The molecule has 1 fully saturated rings. The molecule has 112 valence electrons. The molecule has 0 bridgehead atoms. The van der Waals surface area contributed by atoms with Crippen LogP contribution in [0.1, 0.15) is 43.8 Å². The molecule has 1 aliphatic heterocycles. The maximum absolute atomic E-state index is 13.3. The number of rotatable bonds is 2. The third kappa shape index (κ3) is 2.95. The Morgan fingerprint density at radius 2 is 2.15 bits per heavy atom. The molecular weight excluding hydrogens is 275 g/mol. The van der Waals surface area contributed by atoms with Crippen molar-refractivity contribution in [3.05, 3.63) is 11.4 Å². The van der Waals surface area contributed by atoms with Gasteiger partial charge in [0, 0.05) is 13.5 Å². The van der Waals surface area contributed by atoms with E-state index in [0.717, 1.165) is 24.4 Å². The van der Waals surface area contributed by atoms with Crippen LogP contribution in [0.25, 0.3) is 0 Å². The van der Waals surface area contributed by atoms with Gasteiger partial charge in [0.15, 0.2) is 11.9 Å². The van der Waals surface area contributed by atoms with Crippen LogP contribution in [-0.4, -0.2) is 22.3 Å². The summed E-state index contributed by atoms with van der Waals surface area (Å²) >= 11 is 0. The third-order valence-corrected chi connectivity index (χ3v) is 3.08. The van der Waals surface area contributed by atoms with Crippen molar-refractivity contribution in [1.29, 1.82) is 0 Å². The van der Waals surface area contributed by atoms with Gasteiger partial charge in [0.25, 0.3) is 0 Å². The molecule has 1 atom stereocenters. The third-order valence-electron chi connectivity index (χ3n) is 3.08. The highest BCUT2D eigenvalue weighted by molar-refractivity contribution is 5.90. The van der Waals surface area contributed by atoms with E-state index in [9.17, 15) is 18.0 Å². The summed E-state index contributed by atoms with van der Waals surface area (Å²) in [6.07, 6.45) is -3.25. The van der Waals surface area contributed by atoms with Crippen molar-refractivity contribution in [1.82, 2.24) is 9.78 Å². The highest BCUT2D eigenvalue weighted by Gasteiger charge is 2.41. The smallest absolute Gasteiger partial charge is 0.356 e. The Balaban J connectivity index is 2.47. The zero-order chi connectivity index (χ0) is 14.9. The summed E-state index contributed by atoms with van der Waals surface area (Å²) in [5.41, 5.74) is -1.13. The van der Waals surface area contributed by atoms with E-state index in [0.29, 0.717) is 13.0 Å². The van der Waals surface area contributed by atoms with Gasteiger partial charge in [-0.2, -0.15) is 18.3 Å². The maximum Gasteiger partial charge on any atom is 0.435 e. The number of nitrogens with zero attached hydrogens (tertiary/aromatic N) is 2. The molecule has 1 saturated heterocycles. The number of halogens is 3. The number of carbonyl (C=O) groups excluding carboxylic acids is 1. The molecular formula is C12H16F3N3O2. The van der Waals surface area contributed by atoms with Gasteiger partial charge >= 0.3 is 6.18 Å². The lowest BCUT2D eigenvalue weighted by molar-refractivity contribution is -0.151. The Bertz CT molecular complexity index is 505. The molecule has 1 unspecified atom stereocenters. The zero-order valence-electron chi connectivity index (χ0n) is 11.3. The Kier molecular flexibility index (Phi) is 4.03. The second-order valence-electron chi connectivity index (χ2n) is 4.75. The van der Waals surface area contributed by atoms with E-state index in [2.05, 4.69) is 10.4 Å². The number of nitrogens with one attached hydrogen (secondary N) is 1. The Morgan fingerprint density at radius 3 is 2.65 bits per heavy atom. The van der Waals surface area contributed by atoms with Crippen LogP contribution in [0.3, 0.4) is 0 Å². The fourth-order valence-electron chi connectivity index (χ4n) is 2.27. The molecule has 8 heteroatoms. The van der Waals surface area contributed by atoms with Crippen LogP contribution in [0.2, 0.25) is 0 Å². The SMILES string of the molecule is CC(=O)Nc1c(C)nn(C2CCCCO2)c1C(F)(F)F. The standard InChI is InChI=1S/C12H16F3N3O2/c1-7-10(16-8(2)19)11(12(13,14)15)18(17-7)9-5-3-4-6-20-9/h9H,3-6H2,1-2H3,(H,16,19). The Morgan fingerprint density at radius 1 is 1.45 bits per heavy atom. The molecule has 2 rings (SSSR count). The first-order valence-electron chi connectivity index (χ1n) is 6.36. The molecule has 0 saturated carbocycles. The summed E-state index contributed by atoms with van der Waals surface area (Å²) in [5.74, 6) is -0.567. The lowest BCUT2D eigenvalue weighted by atomic mass is 10.2. The van der Waals surface area contributed by atoms with Gasteiger partial charge in [-0.05, 0) is 26.2 Å². The number of aryl methyl sites for hydroxylation is 1. The van der Waals surface area contributed by atoms with E-state index in [1.165, 1.54) is 6.92 Å². The summed E-state index contributed by atoms with van der Waals surface area (Å²) in [6.45, 7) is 3.00. The Labute approximate surface area is 114 Å². The van der Waals surface area contributed by atoms with Crippen LogP contribution in [0.4, 0.5) is 18.9 Å². The van der Waals surface area contributed by atoms with Gasteiger partial charge in [-0.25, -0.2) is 4.68 Å². The summed E-state index contributed by atoms with van der Waals surface area (Å²) in [5, 5.41) is 6.12. The molecule has 1 aliphatic rings. The van der Waals surface area contributed by atoms with E-state index in [-0.39, 0.29) is 11.4 Å². The normalized spacial score (nSPS) is 19.9. The van der Waals surface area contributed by atoms with Crippen molar-refractivity contribution in [2.24, 2.45) is 0 Å². The van der Waals surface area contributed by atoms with Gasteiger partial charge < -0.3 is 10.1 Å². The van der Waals surface area contributed by atoms with Crippen LogP contribution in [0.15, 0.2) is 0 Å². The van der Waals surface area contributed by atoms with Gasteiger partial charge in [-0.15, -0.1) is 0 Å². The van der Waals surface area contributed by atoms with E-state index < -0.39 is 24.0 Å². The van der Waals surface area contributed by atoms with E-state index in [4.69, 9.17) is 4.74 Å². The van der Waals surface area contributed by atoms with Crippen LogP contribution >= 0.6 is 0 Å². The van der Waals surface area contributed by atoms with Crippen molar-refractivity contribution in [3.8, 4) is 0 Å². The molecule has 0 aliphatic carbocycles. The van der Waals surface area contributed by atoms with Crippen LogP contribution < -0.4 is 5.32 Å². The number of amides is 1. The number of anilines is 1. The van der Waals surface area contributed by atoms with Crippen LogP contribution in [0.5, 0.6) is 0 Å². The predicted octanol–water partition coefficient (Wildman–Crippen LogP) is 2.87. The first-order chi connectivity index (χ1) is 9.30. The lowest BCUT2D eigenvalue weighted by Gasteiger charge is -2.25. The first kappa shape index (κ1) is 14.8. The first-order valence-corrected chi connectivity index (χ1v) is 6.36. The second-order valence-corrected chi connectivity index (χ2v) is 4.75. The second kappa shape index (κ2) is 5.43. The fourth-order valence-corrected chi connectivity index (χ4v) is 2.27. The predicted molar refractivity (Wildman–Crippen MR) is 65.1 cm³/mol. The molecule has 2 heterocycles. The van der Waals surface area contributed by atoms with Crippen LogP contribution in [0, 0.1) is 6.92 Å². The summed E-state index contributed by atoms with van der Waals surface area (Å²) in [6, 6.07) is 0. The van der Waals surface area contributed by atoms with Crippen molar-refractivity contribution in [2.75, 3.05) is 11.9 Å². The van der Waals surface area contributed by atoms with Crippen molar-refractivity contribution >= 4 is 11.6 Å². The topological polar surface area (TPSA) is 56.2 Å². The largest absolute Gasteiger partial charge is 0.435 e. The minimum absolute atomic E-state index is 0.127. The zero-order valence-corrected chi connectivity index (χ0v) is 11.3. The van der Waals surface area contributed by atoms with Gasteiger partial charge in [0.1, 0.15) is 0 Å². The number of ether oxygens (including phenoxy) is 1. The van der Waals surface area contributed by atoms with E-state index in [1.807, 2.05) is 0 Å². The maximum atomic E-state index is 13.3. The fraction of sp³-hybridized carbons (Fsp3) is 0.667. The summed E-state index contributed by atoms with van der Waals surface area (Å²) in [7, 11) is 0. The monoisotopic (exact) mass is 291 g/mol. The summed E-state index contributed by atoms with van der Waals surface area (Å²) < 4.78 is 46.0. The Hall–Kier alpha value is -1.57. The van der Waals surface area contributed by atoms with Gasteiger partial charge in [-0.3, -0.25) is 4.79 Å². The van der Waals surface area contributed by atoms with Crippen molar-refractivity contribution in [3.63, 3.8) is 0 Å². The van der Waals surface area contributed by atoms with Crippen molar-refractivity contribution in [2.45, 2.75) is 45.5 Å². The van der Waals surface area contributed by atoms with Gasteiger partial charge in [0.05, 0.1) is 11.4 Å². The van der Waals surface area contributed by atoms with Gasteiger partial charge in [-0.1, -0.05) is 0 Å². The number of hydrogen-bond donors (Lipinski definition) is 1. The summed E-state index contributed by atoms with van der Waals surface area (Å²) in [4.78, 5) is 11.1. The molecule has 1 aromatic heterocycles. The molecule has 1 aromatic rings. The number of alkyl halides is 3. The van der Waals surface area contributed by atoms with E-state index in [1.54, 1.807) is 0 Å². The number of hydrogen-bond acceptors (Lipinski definition) is 3. The minimum Gasteiger partial charge on any atom is -0.356 e. The average Bonchev–Trinajstić information content (AvgIpc) is 2.67. The highest BCUT2D eigenvalue weighted by Crippen LogP contribution is 2.39. The highest BCUT2D eigenvalue weighted by atomic mass is 19.4. The molecule has 5 nitrogen and oxygen atoms in total. The van der Waals surface area contributed by atoms with E-state index >= 15 is 0 Å².